The minimum Gasteiger partial charge on any atom is -0.480 e. The summed E-state index contributed by atoms with van der Waals surface area (Å²) >= 11 is 0. The Balaban J connectivity index is 0. The van der Waals surface area contributed by atoms with Gasteiger partial charge in [0.05, 0.1) is 0 Å². The fourth-order valence-electron chi connectivity index (χ4n) is 0.669. The Morgan fingerprint density at radius 1 is 1.62 bits per heavy atom. The predicted octanol–water partition coefficient (Wildman–Crippen LogP) is -1.34. The van der Waals surface area contributed by atoms with Gasteiger partial charge < -0.3 is 21.9 Å². The van der Waals surface area contributed by atoms with Crippen LogP contribution in [0.4, 0.5) is 0 Å². The van der Waals surface area contributed by atoms with Gasteiger partial charge in [0.25, 0.3) is 0 Å². The summed E-state index contributed by atoms with van der Waals surface area (Å²) in [5.74, 6) is -1.11. The van der Waals surface area contributed by atoms with Crippen LogP contribution in [0.25, 0.3) is 0 Å². The maximum Gasteiger partial charge on any atom is 0.320 e. The molecule has 0 aromatic heterocycles. The number of guanidine groups is 1. The standard InChI is InChI=1S/C6H14N4O2.Cu/c7-4(5(11)12)2-1-3-10-6(8)9;/h4H,1-3,7H2,(H,11,12)(H4,8,9,10);. The smallest absolute Gasteiger partial charge is 0.320 e. The third kappa shape index (κ3) is 9.13. The van der Waals surface area contributed by atoms with Gasteiger partial charge in [-0.2, -0.15) is 0 Å². The zero-order valence-corrected chi connectivity index (χ0v) is 7.95. The monoisotopic (exact) mass is 237 g/mol. The normalized spacial score (nSPS) is 11.2. The van der Waals surface area contributed by atoms with Gasteiger partial charge in [0.15, 0.2) is 5.96 Å². The quantitative estimate of drug-likeness (QED) is 0.175. The van der Waals surface area contributed by atoms with Crippen LogP contribution in [0.3, 0.4) is 0 Å². The molecule has 7 N–H and O–H groups in total. The summed E-state index contributed by atoms with van der Waals surface area (Å²) in [5, 5.41) is 17.7. The number of hydrogen-bond acceptors (Lipinski definition) is 3. The molecular formula is C6H14CuN4O2. The molecule has 0 amide bonds. The van der Waals surface area contributed by atoms with E-state index in [4.69, 9.17) is 22.0 Å². The Morgan fingerprint density at radius 2 is 2.15 bits per heavy atom. The zero-order chi connectivity index (χ0) is 9.56. The molecule has 0 aliphatic heterocycles. The van der Waals surface area contributed by atoms with Crippen LogP contribution in [-0.2, 0) is 21.9 Å². The molecule has 0 fully saturated rings. The van der Waals surface area contributed by atoms with Crippen molar-refractivity contribution in [2.75, 3.05) is 6.54 Å². The SMILES string of the molecule is N=C(N)NCCCC(N)C(=O)O.[Cu]. The molecule has 1 unspecified atom stereocenters. The Hall–Kier alpha value is -0.781. The minimum absolute atomic E-state index is 0. The molecule has 0 saturated heterocycles. The maximum atomic E-state index is 10.2. The minimum atomic E-state index is -1.00. The van der Waals surface area contributed by atoms with Gasteiger partial charge in [0, 0.05) is 23.6 Å². The summed E-state index contributed by atoms with van der Waals surface area (Å²) in [7, 11) is 0. The van der Waals surface area contributed by atoms with Gasteiger partial charge in [-0.3, -0.25) is 10.2 Å². The van der Waals surface area contributed by atoms with Crippen molar-refractivity contribution in [2.24, 2.45) is 11.5 Å². The molecule has 1 radical (unpaired) electrons. The summed E-state index contributed by atoms with van der Waals surface area (Å²) in [4.78, 5) is 10.2. The first-order chi connectivity index (χ1) is 5.54. The Bertz CT molecular complexity index is 176. The van der Waals surface area contributed by atoms with E-state index in [1.165, 1.54) is 0 Å². The average molecular weight is 238 g/mol. The van der Waals surface area contributed by atoms with Gasteiger partial charge in [0.1, 0.15) is 6.04 Å². The van der Waals surface area contributed by atoms with Gasteiger partial charge in [-0.05, 0) is 12.8 Å². The molecule has 6 nitrogen and oxygen atoms in total. The fraction of sp³-hybridized carbons (Fsp3) is 0.667. The molecule has 0 aliphatic rings. The number of carboxylic acids is 1. The number of nitrogens with one attached hydrogen (secondary N) is 2. The first-order valence-corrected chi connectivity index (χ1v) is 3.60. The molecule has 0 aromatic carbocycles. The molecule has 13 heavy (non-hydrogen) atoms. The molecule has 0 rings (SSSR count). The number of aliphatic carboxylic acids is 1. The Morgan fingerprint density at radius 3 is 2.54 bits per heavy atom. The van der Waals surface area contributed by atoms with Crippen LogP contribution in [0.2, 0.25) is 0 Å². The first-order valence-electron chi connectivity index (χ1n) is 3.60. The van der Waals surface area contributed by atoms with Crippen LogP contribution in [0, 0.1) is 5.41 Å². The van der Waals surface area contributed by atoms with E-state index in [0.29, 0.717) is 19.4 Å². The van der Waals surface area contributed by atoms with Crippen LogP contribution in [0.5, 0.6) is 0 Å². The average Bonchev–Trinajstić information content (AvgIpc) is 1.97. The summed E-state index contributed by atoms with van der Waals surface area (Å²) in [6.45, 7) is 0.482. The van der Waals surface area contributed by atoms with Crippen LogP contribution in [0.15, 0.2) is 0 Å². The third-order valence-corrected chi connectivity index (χ3v) is 1.32. The molecule has 0 aromatic rings. The van der Waals surface area contributed by atoms with Crippen LogP contribution >= 0.6 is 0 Å². The summed E-state index contributed by atoms with van der Waals surface area (Å²) < 4.78 is 0. The molecule has 7 heteroatoms. The van der Waals surface area contributed by atoms with E-state index in [0.717, 1.165) is 0 Å². The number of carbonyl (C=O) groups is 1. The van der Waals surface area contributed by atoms with Gasteiger partial charge in [-0.25, -0.2) is 0 Å². The summed E-state index contributed by atoms with van der Waals surface area (Å²) in [6.07, 6.45) is 0.975. The van der Waals surface area contributed by atoms with Crippen molar-refractivity contribution in [1.82, 2.24) is 5.32 Å². The van der Waals surface area contributed by atoms with Crippen molar-refractivity contribution in [2.45, 2.75) is 18.9 Å². The van der Waals surface area contributed by atoms with Crippen molar-refractivity contribution >= 4 is 11.9 Å². The van der Waals surface area contributed by atoms with E-state index in [9.17, 15) is 4.79 Å². The van der Waals surface area contributed by atoms with Crippen molar-refractivity contribution < 1.29 is 27.0 Å². The van der Waals surface area contributed by atoms with Crippen LogP contribution in [-0.4, -0.2) is 29.6 Å². The van der Waals surface area contributed by atoms with Crippen molar-refractivity contribution in [3.63, 3.8) is 0 Å². The van der Waals surface area contributed by atoms with E-state index in [2.05, 4.69) is 5.32 Å². The van der Waals surface area contributed by atoms with E-state index in [-0.39, 0.29) is 23.0 Å². The second kappa shape index (κ2) is 7.85. The van der Waals surface area contributed by atoms with Crippen LogP contribution < -0.4 is 16.8 Å². The second-order valence-corrected chi connectivity index (χ2v) is 2.43. The first kappa shape index (κ1) is 14.7. The maximum absolute atomic E-state index is 10.2. The van der Waals surface area contributed by atoms with E-state index in [1.54, 1.807) is 0 Å². The topological polar surface area (TPSA) is 125 Å². The second-order valence-electron chi connectivity index (χ2n) is 2.43. The molecule has 0 bridgehead atoms. The van der Waals surface area contributed by atoms with Crippen molar-refractivity contribution in [1.29, 1.82) is 5.41 Å². The molecule has 81 valence electrons. The fourth-order valence-corrected chi connectivity index (χ4v) is 0.669. The Labute approximate surface area is 87.0 Å². The van der Waals surface area contributed by atoms with E-state index in [1.807, 2.05) is 0 Å². The number of carboxylic acid groups (broad SMARTS) is 1. The van der Waals surface area contributed by atoms with Crippen molar-refractivity contribution in [3.8, 4) is 0 Å². The van der Waals surface area contributed by atoms with E-state index >= 15 is 0 Å². The molecular weight excluding hydrogens is 224 g/mol. The molecule has 1 atom stereocenters. The molecule has 0 aliphatic carbocycles. The Kier molecular flexibility index (Phi) is 8.89. The summed E-state index contributed by atoms with van der Waals surface area (Å²) in [5.41, 5.74) is 10.2. The zero-order valence-electron chi connectivity index (χ0n) is 7.01. The number of nitrogens with two attached hydrogens (primary N) is 2. The predicted molar refractivity (Wildman–Crippen MR) is 44.8 cm³/mol. The largest absolute Gasteiger partial charge is 0.480 e. The number of rotatable bonds is 5. The third-order valence-electron chi connectivity index (χ3n) is 1.32. The van der Waals surface area contributed by atoms with Gasteiger partial charge in [-0.1, -0.05) is 0 Å². The summed E-state index contributed by atoms with van der Waals surface area (Å²) in [6, 6.07) is -0.821. The molecule has 0 heterocycles. The van der Waals surface area contributed by atoms with E-state index < -0.39 is 12.0 Å². The van der Waals surface area contributed by atoms with Crippen molar-refractivity contribution in [3.05, 3.63) is 0 Å². The van der Waals surface area contributed by atoms with Gasteiger partial charge in [-0.15, -0.1) is 0 Å². The number of hydrogen-bond donors (Lipinski definition) is 5. The van der Waals surface area contributed by atoms with Crippen LogP contribution in [0.1, 0.15) is 12.8 Å². The molecule has 0 saturated carbocycles. The molecule has 0 spiro atoms. The van der Waals surface area contributed by atoms with Gasteiger partial charge >= 0.3 is 5.97 Å². The van der Waals surface area contributed by atoms with Gasteiger partial charge in [0.2, 0.25) is 0 Å².